The van der Waals surface area contributed by atoms with Gasteiger partial charge in [-0.3, -0.25) is 14.2 Å². The second-order valence-electron chi connectivity index (χ2n) is 8.67. The van der Waals surface area contributed by atoms with E-state index in [4.69, 9.17) is 4.98 Å². The Hall–Kier alpha value is -4.27. The maximum Gasteiger partial charge on any atom is 0.257 e. The summed E-state index contributed by atoms with van der Waals surface area (Å²) < 4.78 is 5.49. The largest absolute Gasteiger partial charge is 0.305 e. The second-order valence-corrected chi connectivity index (χ2v) is 8.67. The molecular formula is C26H28N8O. The van der Waals surface area contributed by atoms with E-state index in [0.29, 0.717) is 29.3 Å². The number of amides is 1. The first-order chi connectivity index (χ1) is 16.9. The highest BCUT2D eigenvalue weighted by Crippen LogP contribution is 2.29. The van der Waals surface area contributed by atoms with Gasteiger partial charge in [-0.25, -0.2) is 9.67 Å². The molecule has 0 aliphatic rings. The molecule has 5 aromatic rings. The van der Waals surface area contributed by atoms with Crippen LogP contribution in [-0.2, 0) is 20.1 Å². The number of pyridine rings is 1. The van der Waals surface area contributed by atoms with Crippen molar-refractivity contribution in [2.45, 2.75) is 40.3 Å². The fourth-order valence-electron chi connectivity index (χ4n) is 4.26. The lowest BCUT2D eigenvalue weighted by Gasteiger charge is -2.09. The maximum atomic E-state index is 13.5. The van der Waals surface area contributed by atoms with E-state index in [1.807, 2.05) is 72.9 Å². The van der Waals surface area contributed by atoms with Gasteiger partial charge in [0.2, 0.25) is 0 Å². The first-order valence-electron chi connectivity index (χ1n) is 11.7. The van der Waals surface area contributed by atoms with Crippen molar-refractivity contribution in [1.29, 1.82) is 0 Å². The number of hydrogen-bond acceptors (Lipinski definition) is 5. The van der Waals surface area contributed by atoms with Gasteiger partial charge in [0.1, 0.15) is 0 Å². The molecule has 0 atom stereocenters. The highest BCUT2D eigenvalue weighted by atomic mass is 16.1. The Kier molecular flexibility index (Phi) is 5.90. The molecular weight excluding hydrogens is 440 g/mol. The van der Waals surface area contributed by atoms with E-state index in [1.165, 1.54) is 0 Å². The van der Waals surface area contributed by atoms with Crippen LogP contribution in [0.4, 0.5) is 5.82 Å². The molecule has 0 fully saturated rings. The molecule has 0 radical (unpaired) electrons. The number of carbonyl (C=O) groups excluding carboxylic acids is 1. The van der Waals surface area contributed by atoms with Crippen LogP contribution < -0.4 is 5.32 Å². The van der Waals surface area contributed by atoms with Gasteiger partial charge in [0.25, 0.3) is 5.91 Å². The van der Waals surface area contributed by atoms with Gasteiger partial charge < -0.3 is 5.32 Å². The average molecular weight is 469 g/mol. The summed E-state index contributed by atoms with van der Waals surface area (Å²) in [6.07, 6.45) is 4.55. The predicted octanol–water partition coefficient (Wildman–Crippen LogP) is 4.36. The number of aromatic nitrogens is 7. The minimum atomic E-state index is -0.246. The molecule has 0 spiro atoms. The van der Waals surface area contributed by atoms with Crippen LogP contribution in [0.3, 0.4) is 0 Å². The van der Waals surface area contributed by atoms with Gasteiger partial charge in [0.05, 0.1) is 35.1 Å². The molecule has 0 saturated heterocycles. The van der Waals surface area contributed by atoms with E-state index in [0.717, 1.165) is 40.9 Å². The van der Waals surface area contributed by atoms with E-state index >= 15 is 0 Å². The van der Waals surface area contributed by atoms with Crippen LogP contribution in [0, 0.1) is 13.8 Å². The lowest BCUT2D eigenvalue weighted by molar-refractivity contribution is 0.102. The van der Waals surface area contributed by atoms with Crippen LogP contribution >= 0.6 is 0 Å². The summed E-state index contributed by atoms with van der Waals surface area (Å²) in [6.45, 7) is 7.34. The molecule has 5 rings (SSSR count). The summed E-state index contributed by atoms with van der Waals surface area (Å²) in [5.41, 5.74) is 5.68. The van der Waals surface area contributed by atoms with Crippen LogP contribution in [0.25, 0.3) is 22.3 Å². The summed E-state index contributed by atoms with van der Waals surface area (Å²) in [4.78, 5) is 18.5. The van der Waals surface area contributed by atoms with E-state index in [-0.39, 0.29) is 5.91 Å². The Morgan fingerprint density at radius 3 is 2.60 bits per heavy atom. The van der Waals surface area contributed by atoms with Crippen molar-refractivity contribution in [3.63, 3.8) is 0 Å². The van der Waals surface area contributed by atoms with Crippen LogP contribution in [0.5, 0.6) is 0 Å². The first kappa shape index (κ1) is 22.5. The zero-order valence-corrected chi connectivity index (χ0v) is 20.4. The lowest BCUT2D eigenvalue weighted by atomic mass is 10.1. The molecule has 4 heterocycles. The second kappa shape index (κ2) is 9.17. The van der Waals surface area contributed by atoms with Gasteiger partial charge in [-0.1, -0.05) is 37.3 Å². The Morgan fingerprint density at radius 1 is 1.09 bits per heavy atom. The Morgan fingerprint density at radius 2 is 1.89 bits per heavy atom. The normalized spacial score (nSPS) is 11.3. The number of carbonyl (C=O) groups is 1. The molecule has 4 aromatic heterocycles. The third kappa shape index (κ3) is 4.32. The molecule has 1 aromatic carbocycles. The molecule has 35 heavy (non-hydrogen) atoms. The van der Waals surface area contributed by atoms with Crippen molar-refractivity contribution in [3.05, 3.63) is 77.4 Å². The molecule has 0 aliphatic heterocycles. The monoisotopic (exact) mass is 468 g/mol. The number of nitrogens with zero attached hydrogens (tertiary/aromatic N) is 7. The number of anilines is 1. The molecule has 1 amide bonds. The van der Waals surface area contributed by atoms with Gasteiger partial charge in [0.15, 0.2) is 11.5 Å². The number of rotatable bonds is 7. The fourth-order valence-corrected chi connectivity index (χ4v) is 4.26. The quantitative estimate of drug-likeness (QED) is 0.383. The summed E-state index contributed by atoms with van der Waals surface area (Å²) in [7, 11) is 1.89. The SMILES string of the molecule is CCCn1nc(C)c2c(C(=O)Nc3ccn(Cc4ccccc4)n3)cc(-c3cnn(C)c3C)nc21. The Labute approximate surface area is 203 Å². The van der Waals surface area contributed by atoms with Crippen LogP contribution in [-0.4, -0.2) is 40.2 Å². The number of hydrogen-bond donors (Lipinski definition) is 1. The van der Waals surface area contributed by atoms with Crippen LogP contribution in [0.2, 0.25) is 0 Å². The molecule has 178 valence electrons. The Bertz CT molecular complexity index is 1510. The van der Waals surface area contributed by atoms with Crippen LogP contribution in [0.15, 0.2) is 54.9 Å². The van der Waals surface area contributed by atoms with E-state index < -0.39 is 0 Å². The molecule has 1 N–H and O–H groups in total. The number of benzene rings is 1. The van der Waals surface area contributed by atoms with Crippen molar-refractivity contribution >= 4 is 22.8 Å². The third-order valence-electron chi connectivity index (χ3n) is 6.14. The molecule has 0 unspecified atom stereocenters. The lowest BCUT2D eigenvalue weighted by Crippen LogP contribution is -2.14. The maximum absolute atomic E-state index is 13.5. The van der Waals surface area contributed by atoms with Gasteiger partial charge in [-0.2, -0.15) is 15.3 Å². The van der Waals surface area contributed by atoms with Gasteiger partial charge in [-0.15, -0.1) is 0 Å². The fraction of sp³-hybridized carbons (Fsp3) is 0.269. The molecule has 0 aliphatic carbocycles. The molecule has 0 saturated carbocycles. The van der Waals surface area contributed by atoms with Crippen molar-refractivity contribution in [2.24, 2.45) is 7.05 Å². The zero-order valence-electron chi connectivity index (χ0n) is 20.4. The minimum Gasteiger partial charge on any atom is -0.305 e. The summed E-state index contributed by atoms with van der Waals surface area (Å²) in [6, 6.07) is 13.7. The van der Waals surface area contributed by atoms with Crippen molar-refractivity contribution in [2.75, 3.05) is 5.32 Å². The van der Waals surface area contributed by atoms with Crippen LogP contribution in [0.1, 0.15) is 40.7 Å². The smallest absolute Gasteiger partial charge is 0.257 e. The van der Waals surface area contributed by atoms with E-state index in [9.17, 15) is 4.79 Å². The van der Waals surface area contributed by atoms with E-state index in [2.05, 4.69) is 27.5 Å². The predicted molar refractivity (Wildman–Crippen MR) is 135 cm³/mol. The van der Waals surface area contributed by atoms with Crippen molar-refractivity contribution in [3.8, 4) is 11.3 Å². The molecule has 0 bridgehead atoms. The third-order valence-corrected chi connectivity index (χ3v) is 6.14. The summed E-state index contributed by atoms with van der Waals surface area (Å²) in [5, 5.41) is 17.3. The molecule has 9 nitrogen and oxygen atoms in total. The minimum absolute atomic E-state index is 0.246. The first-order valence-corrected chi connectivity index (χ1v) is 11.7. The van der Waals surface area contributed by atoms with E-state index in [1.54, 1.807) is 16.9 Å². The van der Waals surface area contributed by atoms with Crippen molar-refractivity contribution in [1.82, 2.24) is 34.3 Å². The Balaban J connectivity index is 1.52. The highest BCUT2D eigenvalue weighted by Gasteiger charge is 2.22. The van der Waals surface area contributed by atoms with Gasteiger partial charge in [0, 0.05) is 37.1 Å². The summed E-state index contributed by atoms with van der Waals surface area (Å²) >= 11 is 0. The van der Waals surface area contributed by atoms with Crippen molar-refractivity contribution < 1.29 is 4.79 Å². The topological polar surface area (TPSA) is 95.5 Å². The average Bonchev–Trinajstić information content (AvgIpc) is 3.52. The summed E-state index contributed by atoms with van der Waals surface area (Å²) in [5.74, 6) is 0.248. The highest BCUT2D eigenvalue weighted by molar-refractivity contribution is 6.13. The van der Waals surface area contributed by atoms with Gasteiger partial charge in [-0.05, 0) is 31.9 Å². The standard InChI is InChI=1S/C26H28N8O/c1-5-12-34-25-24(17(2)30-34)20(14-22(28-25)21-15-27-32(4)18(21)3)26(35)29-23-11-13-33(31-23)16-19-9-7-6-8-10-19/h6-11,13-15H,5,12,16H2,1-4H3,(H,29,31,35). The molecule has 9 heteroatoms. The van der Waals surface area contributed by atoms with Gasteiger partial charge >= 0.3 is 0 Å². The number of aryl methyl sites for hydroxylation is 3. The number of fused-ring (bicyclic) bond motifs is 1. The number of nitrogens with one attached hydrogen (secondary N) is 1. The zero-order chi connectivity index (χ0) is 24.5.